The van der Waals surface area contributed by atoms with Gasteiger partial charge < -0.3 is 20.2 Å². The number of para-hydroxylation sites is 1. The van der Waals surface area contributed by atoms with E-state index in [2.05, 4.69) is 5.32 Å². The predicted molar refractivity (Wildman–Crippen MR) is 92.6 cm³/mol. The third kappa shape index (κ3) is 3.76. The van der Waals surface area contributed by atoms with E-state index < -0.39 is 49.1 Å². The van der Waals surface area contributed by atoms with E-state index in [1.54, 1.807) is 30.3 Å². The molecule has 1 aromatic rings. The molecule has 7 nitrogen and oxygen atoms in total. The monoisotopic (exact) mass is 399 g/mol. The lowest BCUT2D eigenvalue weighted by Crippen LogP contribution is -2.47. The molecule has 0 aliphatic carbocycles. The number of hydrogen-bond acceptors (Lipinski definition) is 3. The van der Waals surface area contributed by atoms with Crippen LogP contribution in [0.25, 0.3) is 0 Å². The van der Waals surface area contributed by atoms with Gasteiger partial charge in [-0.2, -0.15) is 13.2 Å². The molecule has 2 unspecified atom stereocenters. The molecule has 2 aliphatic rings. The van der Waals surface area contributed by atoms with Gasteiger partial charge in [-0.25, -0.2) is 4.79 Å². The third-order valence-electron chi connectivity index (χ3n) is 5.23. The predicted octanol–water partition coefficient (Wildman–Crippen LogP) is 2.08. The van der Waals surface area contributed by atoms with E-state index in [0.29, 0.717) is 12.1 Å². The molecule has 0 spiro atoms. The van der Waals surface area contributed by atoms with E-state index in [4.69, 9.17) is 5.11 Å². The number of alkyl halides is 3. The normalized spacial score (nSPS) is 27.9. The Morgan fingerprint density at radius 3 is 2.36 bits per heavy atom. The summed E-state index contributed by atoms with van der Waals surface area (Å²) in [6.07, 6.45) is -4.42. The first-order valence-electron chi connectivity index (χ1n) is 8.82. The number of carboxylic acids is 1. The van der Waals surface area contributed by atoms with Gasteiger partial charge in [-0.15, -0.1) is 0 Å². The average Bonchev–Trinajstić information content (AvgIpc) is 3.18. The van der Waals surface area contributed by atoms with Crippen LogP contribution in [0.3, 0.4) is 0 Å². The molecule has 3 amide bonds. The molecule has 0 radical (unpaired) electrons. The van der Waals surface area contributed by atoms with Crippen molar-refractivity contribution in [1.82, 2.24) is 10.2 Å². The zero-order chi connectivity index (χ0) is 20.6. The van der Waals surface area contributed by atoms with Gasteiger partial charge in [0, 0.05) is 24.8 Å². The lowest BCUT2D eigenvalue weighted by Gasteiger charge is -2.22. The van der Waals surface area contributed by atoms with Crippen molar-refractivity contribution in [3.05, 3.63) is 30.3 Å². The van der Waals surface area contributed by atoms with Gasteiger partial charge in [-0.05, 0) is 25.5 Å². The molecule has 10 heteroatoms. The van der Waals surface area contributed by atoms with Crippen molar-refractivity contribution in [3.8, 4) is 0 Å². The fourth-order valence-electron chi connectivity index (χ4n) is 3.82. The van der Waals surface area contributed by atoms with Gasteiger partial charge >= 0.3 is 18.2 Å². The number of hydrogen-bond donors (Lipinski definition) is 2. The fourth-order valence-corrected chi connectivity index (χ4v) is 3.82. The molecule has 2 saturated heterocycles. The molecule has 2 fully saturated rings. The van der Waals surface area contributed by atoms with Crippen LogP contribution in [0, 0.1) is 11.8 Å². The number of nitrogens with zero attached hydrogens (tertiary/aromatic N) is 2. The van der Waals surface area contributed by atoms with E-state index in [1.165, 1.54) is 4.90 Å². The van der Waals surface area contributed by atoms with Crippen LogP contribution < -0.4 is 10.2 Å². The van der Waals surface area contributed by atoms with Crippen LogP contribution in [0.5, 0.6) is 0 Å². The number of nitrogens with one attached hydrogen (secondary N) is 1. The highest BCUT2D eigenvalue weighted by Gasteiger charge is 2.54. The molecule has 28 heavy (non-hydrogen) atoms. The van der Waals surface area contributed by atoms with Gasteiger partial charge in [0.1, 0.15) is 6.04 Å². The van der Waals surface area contributed by atoms with E-state index >= 15 is 0 Å². The number of benzene rings is 1. The highest BCUT2D eigenvalue weighted by molar-refractivity contribution is 6.01. The minimum absolute atomic E-state index is 0.200. The molecule has 1 aromatic carbocycles. The van der Waals surface area contributed by atoms with Gasteiger partial charge in [-0.1, -0.05) is 18.2 Å². The topological polar surface area (TPSA) is 90.0 Å². The van der Waals surface area contributed by atoms with Gasteiger partial charge in [-0.3, -0.25) is 9.59 Å². The van der Waals surface area contributed by atoms with Crippen molar-refractivity contribution >= 4 is 23.6 Å². The Labute approximate surface area is 159 Å². The van der Waals surface area contributed by atoms with Crippen LogP contribution in [0.15, 0.2) is 30.3 Å². The summed E-state index contributed by atoms with van der Waals surface area (Å²) < 4.78 is 39.2. The first-order valence-corrected chi connectivity index (χ1v) is 8.82. The van der Waals surface area contributed by atoms with Crippen molar-refractivity contribution in [2.75, 3.05) is 18.0 Å². The van der Waals surface area contributed by atoms with E-state index in [-0.39, 0.29) is 11.9 Å². The highest BCUT2D eigenvalue weighted by atomic mass is 19.4. The lowest BCUT2D eigenvalue weighted by molar-refractivity contribution is -0.187. The van der Waals surface area contributed by atoms with E-state index in [1.807, 2.05) is 6.92 Å². The largest absolute Gasteiger partial charge is 0.481 e. The zero-order valence-electron chi connectivity index (χ0n) is 15.0. The number of carbonyl (C=O) groups is 3. The van der Waals surface area contributed by atoms with Crippen LogP contribution in [0.1, 0.15) is 13.3 Å². The summed E-state index contributed by atoms with van der Waals surface area (Å²) in [4.78, 5) is 38.6. The van der Waals surface area contributed by atoms with Crippen molar-refractivity contribution in [2.24, 2.45) is 11.8 Å². The maximum Gasteiger partial charge on any atom is 0.394 e. The summed E-state index contributed by atoms with van der Waals surface area (Å²) in [5.74, 6) is -5.80. The van der Waals surface area contributed by atoms with Gasteiger partial charge in [0.25, 0.3) is 0 Å². The van der Waals surface area contributed by atoms with E-state index in [0.717, 1.165) is 4.90 Å². The summed E-state index contributed by atoms with van der Waals surface area (Å²) in [5.41, 5.74) is 0.668. The zero-order valence-corrected chi connectivity index (χ0v) is 15.0. The molecule has 2 aliphatic heterocycles. The lowest BCUT2D eigenvalue weighted by atomic mass is 9.96. The fraction of sp³-hybridized carbons (Fsp3) is 0.500. The number of urea groups is 1. The van der Waals surface area contributed by atoms with Crippen molar-refractivity contribution < 1.29 is 32.7 Å². The van der Waals surface area contributed by atoms with E-state index in [9.17, 15) is 27.6 Å². The second kappa shape index (κ2) is 7.33. The smallest absolute Gasteiger partial charge is 0.394 e. The summed E-state index contributed by atoms with van der Waals surface area (Å²) in [6, 6.07) is 6.92. The Balaban J connectivity index is 1.68. The minimum atomic E-state index is -4.72. The second-order valence-electron chi connectivity index (χ2n) is 7.13. The number of likely N-dealkylation sites (tertiary alicyclic amines) is 1. The Hall–Kier alpha value is -2.78. The second-order valence-corrected chi connectivity index (χ2v) is 7.13. The van der Waals surface area contributed by atoms with Gasteiger partial charge in [0.05, 0.1) is 11.8 Å². The summed E-state index contributed by atoms with van der Waals surface area (Å²) in [5, 5.41) is 11.5. The average molecular weight is 399 g/mol. The Morgan fingerprint density at radius 2 is 1.82 bits per heavy atom. The van der Waals surface area contributed by atoms with Crippen molar-refractivity contribution in [2.45, 2.75) is 31.6 Å². The Kier molecular flexibility index (Phi) is 5.22. The molecule has 2 N–H and O–H groups in total. The number of halogens is 3. The van der Waals surface area contributed by atoms with Gasteiger partial charge in [0.2, 0.25) is 5.91 Å². The highest BCUT2D eigenvalue weighted by Crippen LogP contribution is 2.38. The molecule has 0 saturated carbocycles. The summed E-state index contributed by atoms with van der Waals surface area (Å²) in [7, 11) is 0. The summed E-state index contributed by atoms with van der Waals surface area (Å²) in [6.45, 7) is 0.516. The first-order chi connectivity index (χ1) is 13.1. The number of rotatable bonds is 3. The molecule has 152 valence electrons. The van der Waals surface area contributed by atoms with Crippen LogP contribution in [-0.2, 0) is 9.59 Å². The number of aliphatic carboxylic acids is 1. The number of carbonyl (C=O) groups excluding carboxylic acids is 2. The molecular formula is C18H20F3N3O4. The number of amides is 3. The van der Waals surface area contributed by atoms with Crippen LogP contribution >= 0.6 is 0 Å². The molecule has 0 bridgehead atoms. The maximum atomic E-state index is 13.1. The molecule has 3 rings (SSSR count). The third-order valence-corrected chi connectivity index (χ3v) is 5.23. The van der Waals surface area contributed by atoms with Gasteiger partial charge in [0.15, 0.2) is 0 Å². The Bertz CT molecular complexity index is 771. The Morgan fingerprint density at radius 1 is 1.18 bits per heavy atom. The van der Waals surface area contributed by atoms with Crippen molar-refractivity contribution in [3.63, 3.8) is 0 Å². The summed E-state index contributed by atoms with van der Waals surface area (Å²) >= 11 is 0. The number of carboxylic acid groups (broad SMARTS) is 1. The molecular weight excluding hydrogens is 379 g/mol. The number of anilines is 1. The molecule has 0 aromatic heterocycles. The first kappa shape index (κ1) is 20.0. The van der Waals surface area contributed by atoms with Crippen LogP contribution in [0.2, 0.25) is 0 Å². The molecule has 2 heterocycles. The maximum absolute atomic E-state index is 13.1. The quantitative estimate of drug-likeness (QED) is 0.815. The standard InChI is InChI=1S/C18H20F3N3O4/c1-10-7-14(15(25)24(10)11-5-3-2-4-6-11)22-17(28)23-8-12(16(26)27)13(9-23)18(19,20)21/h2-6,10,12-14H,7-9H2,1H3,(H,22,28)(H,26,27)/t10?,12-,13-,14?/m1/s1. The van der Waals surface area contributed by atoms with Crippen LogP contribution in [-0.4, -0.2) is 59.3 Å². The van der Waals surface area contributed by atoms with Crippen LogP contribution in [0.4, 0.5) is 23.7 Å². The van der Waals surface area contributed by atoms with Crippen molar-refractivity contribution in [1.29, 1.82) is 0 Å². The minimum Gasteiger partial charge on any atom is -0.481 e. The molecule has 4 atom stereocenters. The SMILES string of the molecule is CC1CC(NC(=O)N2C[C@@H](C(F)(F)F)[C@H](C(=O)O)C2)C(=O)N1c1ccccc1.